The lowest BCUT2D eigenvalue weighted by atomic mass is 9.97. The second kappa shape index (κ2) is 5.78. The normalized spacial score (nSPS) is 22.7. The van der Waals surface area contributed by atoms with Gasteiger partial charge in [0.1, 0.15) is 11.5 Å². The van der Waals surface area contributed by atoms with E-state index in [0.717, 1.165) is 30.6 Å². The third kappa shape index (κ3) is 2.84. The molecule has 1 aliphatic carbocycles. The van der Waals surface area contributed by atoms with Crippen molar-refractivity contribution in [3.8, 4) is 0 Å². The largest absolute Gasteiger partial charge is 0.466 e. The Bertz CT molecular complexity index is 464. The van der Waals surface area contributed by atoms with E-state index in [0.29, 0.717) is 29.7 Å². The third-order valence-corrected chi connectivity index (χ3v) is 4.36. The molecule has 1 aromatic rings. The van der Waals surface area contributed by atoms with E-state index in [4.69, 9.17) is 4.42 Å². The molecule has 1 fully saturated rings. The molecule has 2 N–H and O–H groups in total. The van der Waals surface area contributed by atoms with E-state index in [2.05, 4.69) is 5.32 Å². The molecule has 0 radical (unpaired) electrons. The zero-order chi connectivity index (χ0) is 14.0. The Morgan fingerprint density at radius 3 is 2.53 bits per heavy atom. The van der Waals surface area contributed by atoms with Gasteiger partial charge in [0.15, 0.2) is 0 Å². The van der Waals surface area contributed by atoms with Crippen molar-refractivity contribution in [2.45, 2.75) is 40.0 Å². The van der Waals surface area contributed by atoms with Crippen LogP contribution in [0.25, 0.3) is 0 Å². The summed E-state index contributed by atoms with van der Waals surface area (Å²) in [6.07, 6.45) is 3.31. The summed E-state index contributed by atoms with van der Waals surface area (Å²) in [6.45, 7) is 6.47. The second-order valence-electron chi connectivity index (χ2n) is 5.56. The number of amides is 1. The Labute approximate surface area is 114 Å². The van der Waals surface area contributed by atoms with Gasteiger partial charge in [0.05, 0.1) is 5.56 Å². The van der Waals surface area contributed by atoms with Gasteiger partial charge in [0.2, 0.25) is 0 Å². The SMILES string of the molecule is Cc1oc(C)c(C(=O)NCC2CCCC2CO)c1C. The summed E-state index contributed by atoms with van der Waals surface area (Å²) in [7, 11) is 0. The summed E-state index contributed by atoms with van der Waals surface area (Å²) in [4.78, 5) is 12.2. The fraction of sp³-hybridized carbons (Fsp3) is 0.667. The van der Waals surface area contributed by atoms with Gasteiger partial charge in [0, 0.05) is 18.7 Å². The van der Waals surface area contributed by atoms with E-state index < -0.39 is 0 Å². The molecule has 0 aromatic carbocycles. The highest BCUT2D eigenvalue weighted by atomic mass is 16.3. The number of hydrogen-bond donors (Lipinski definition) is 2. The lowest BCUT2D eigenvalue weighted by Crippen LogP contribution is -2.32. The van der Waals surface area contributed by atoms with Crippen LogP contribution < -0.4 is 5.32 Å². The topological polar surface area (TPSA) is 62.5 Å². The molecule has 1 saturated carbocycles. The minimum atomic E-state index is -0.0598. The second-order valence-corrected chi connectivity index (χ2v) is 5.56. The standard InChI is InChI=1S/C15H23NO3/c1-9-10(2)19-11(3)14(9)15(18)16-7-12-5-4-6-13(12)8-17/h12-13,17H,4-8H2,1-3H3,(H,16,18). The number of aliphatic hydroxyl groups excluding tert-OH is 1. The summed E-state index contributed by atoms with van der Waals surface area (Å²) < 4.78 is 5.48. The zero-order valence-electron chi connectivity index (χ0n) is 12.0. The van der Waals surface area contributed by atoms with Gasteiger partial charge in [-0.25, -0.2) is 0 Å². The van der Waals surface area contributed by atoms with Gasteiger partial charge in [0.25, 0.3) is 5.91 Å². The lowest BCUT2D eigenvalue weighted by molar-refractivity contribution is 0.0935. The number of nitrogens with one attached hydrogen (secondary N) is 1. The monoisotopic (exact) mass is 265 g/mol. The van der Waals surface area contributed by atoms with Crippen molar-refractivity contribution in [2.24, 2.45) is 11.8 Å². The summed E-state index contributed by atoms with van der Waals surface area (Å²) >= 11 is 0. The van der Waals surface area contributed by atoms with Crippen molar-refractivity contribution in [3.63, 3.8) is 0 Å². The van der Waals surface area contributed by atoms with Crippen LogP contribution in [0, 0.1) is 32.6 Å². The predicted octanol–water partition coefficient (Wildman–Crippen LogP) is 2.34. The molecular weight excluding hydrogens is 242 g/mol. The first kappa shape index (κ1) is 14.1. The van der Waals surface area contributed by atoms with Crippen molar-refractivity contribution in [3.05, 3.63) is 22.6 Å². The van der Waals surface area contributed by atoms with Crippen LogP contribution in [0.3, 0.4) is 0 Å². The fourth-order valence-electron chi connectivity index (χ4n) is 3.06. The number of carbonyl (C=O) groups excluding carboxylic acids is 1. The predicted molar refractivity (Wildman–Crippen MR) is 73.2 cm³/mol. The first-order valence-corrected chi connectivity index (χ1v) is 7.00. The molecule has 4 nitrogen and oxygen atoms in total. The average Bonchev–Trinajstić information content (AvgIpc) is 2.92. The minimum absolute atomic E-state index is 0.0598. The van der Waals surface area contributed by atoms with Gasteiger partial charge in [-0.1, -0.05) is 6.42 Å². The maximum Gasteiger partial charge on any atom is 0.255 e. The summed E-state index contributed by atoms with van der Waals surface area (Å²) in [5.74, 6) is 2.17. The molecule has 4 heteroatoms. The first-order valence-electron chi connectivity index (χ1n) is 7.00. The molecule has 0 spiro atoms. The van der Waals surface area contributed by atoms with Crippen LogP contribution in [-0.2, 0) is 0 Å². The Balaban J connectivity index is 1.98. The molecule has 2 unspecified atom stereocenters. The van der Waals surface area contributed by atoms with Gasteiger partial charge in [-0.15, -0.1) is 0 Å². The van der Waals surface area contributed by atoms with Crippen LogP contribution in [0.5, 0.6) is 0 Å². The highest BCUT2D eigenvalue weighted by Gasteiger charge is 2.27. The molecule has 1 heterocycles. The van der Waals surface area contributed by atoms with Gasteiger partial charge >= 0.3 is 0 Å². The smallest absolute Gasteiger partial charge is 0.255 e. The van der Waals surface area contributed by atoms with Crippen LogP contribution in [0.15, 0.2) is 4.42 Å². The lowest BCUT2D eigenvalue weighted by Gasteiger charge is -2.17. The maximum atomic E-state index is 12.2. The molecule has 0 bridgehead atoms. The van der Waals surface area contributed by atoms with E-state index in [1.165, 1.54) is 0 Å². The third-order valence-electron chi connectivity index (χ3n) is 4.36. The van der Waals surface area contributed by atoms with E-state index >= 15 is 0 Å². The van der Waals surface area contributed by atoms with Crippen molar-refractivity contribution in [1.29, 1.82) is 0 Å². The molecule has 1 amide bonds. The first-order chi connectivity index (χ1) is 9.04. The highest BCUT2D eigenvalue weighted by Crippen LogP contribution is 2.30. The fourth-order valence-corrected chi connectivity index (χ4v) is 3.06. The quantitative estimate of drug-likeness (QED) is 0.878. The van der Waals surface area contributed by atoms with E-state index in [1.807, 2.05) is 20.8 Å². The molecule has 1 aliphatic rings. The van der Waals surface area contributed by atoms with Gasteiger partial charge < -0.3 is 14.8 Å². The number of furan rings is 1. The van der Waals surface area contributed by atoms with Gasteiger partial charge in [-0.3, -0.25) is 4.79 Å². The van der Waals surface area contributed by atoms with Crippen molar-refractivity contribution < 1.29 is 14.3 Å². The van der Waals surface area contributed by atoms with Gasteiger partial charge in [-0.05, 0) is 45.4 Å². The summed E-state index contributed by atoms with van der Waals surface area (Å²) in [5.41, 5.74) is 1.58. The molecular formula is C15H23NO3. The average molecular weight is 265 g/mol. The molecule has 2 atom stereocenters. The Morgan fingerprint density at radius 2 is 1.95 bits per heavy atom. The van der Waals surface area contributed by atoms with E-state index in [-0.39, 0.29) is 12.5 Å². The van der Waals surface area contributed by atoms with E-state index in [1.54, 1.807) is 0 Å². The Hall–Kier alpha value is -1.29. The molecule has 2 rings (SSSR count). The molecule has 0 saturated heterocycles. The highest BCUT2D eigenvalue weighted by molar-refractivity contribution is 5.96. The van der Waals surface area contributed by atoms with E-state index in [9.17, 15) is 9.90 Å². The molecule has 106 valence electrons. The summed E-state index contributed by atoms with van der Waals surface area (Å²) in [6, 6.07) is 0. The van der Waals surface area contributed by atoms with Crippen LogP contribution in [0.2, 0.25) is 0 Å². The molecule has 19 heavy (non-hydrogen) atoms. The van der Waals surface area contributed by atoms with Crippen LogP contribution in [0.1, 0.15) is 46.7 Å². The number of rotatable bonds is 4. The van der Waals surface area contributed by atoms with Crippen LogP contribution >= 0.6 is 0 Å². The van der Waals surface area contributed by atoms with Crippen LogP contribution in [0.4, 0.5) is 0 Å². The zero-order valence-corrected chi connectivity index (χ0v) is 12.0. The minimum Gasteiger partial charge on any atom is -0.466 e. The number of hydrogen-bond acceptors (Lipinski definition) is 3. The maximum absolute atomic E-state index is 12.2. The van der Waals surface area contributed by atoms with Gasteiger partial charge in [-0.2, -0.15) is 0 Å². The Morgan fingerprint density at radius 1 is 1.26 bits per heavy atom. The van der Waals surface area contributed by atoms with Crippen LogP contribution in [-0.4, -0.2) is 24.2 Å². The number of aliphatic hydroxyl groups is 1. The van der Waals surface area contributed by atoms with Crippen molar-refractivity contribution in [1.82, 2.24) is 5.32 Å². The molecule has 1 aromatic heterocycles. The number of aryl methyl sites for hydroxylation is 2. The molecule has 0 aliphatic heterocycles. The van der Waals surface area contributed by atoms with Crippen molar-refractivity contribution in [2.75, 3.05) is 13.2 Å². The summed E-state index contributed by atoms with van der Waals surface area (Å²) in [5, 5.41) is 12.3. The number of carbonyl (C=O) groups is 1. The Kier molecular flexibility index (Phi) is 4.30. The van der Waals surface area contributed by atoms with Crippen molar-refractivity contribution >= 4 is 5.91 Å².